The van der Waals surface area contributed by atoms with Crippen molar-refractivity contribution >= 4 is 5.97 Å². The molecule has 2 heteroatoms. The molecule has 0 bridgehead atoms. The molecule has 0 spiro atoms. The van der Waals surface area contributed by atoms with Gasteiger partial charge >= 0.3 is 5.97 Å². The standard InChI is InChI=1S/C40H72O2/c1-2-3-4-5-6-7-8-9-10-11-12-13-14-15-16-17-18-19-20-21-22-23-24-25-26-27-28-29-30-31-32-33-34-35-36-37-38-39-40(41)42/h3-4,6-7,9-10,12-13H,2,5,8,11,14-39H2,1H3,(H,41,42)/b4-3-,7-6-,10-9-,13-12-. The Kier molecular flexibility index (Phi) is 36.1. The van der Waals surface area contributed by atoms with Gasteiger partial charge in [-0.15, -0.1) is 0 Å². The second kappa shape index (κ2) is 37.5. The number of carboxylic acids is 1. The largest absolute Gasteiger partial charge is 0.481 e. The maximum Gasteiger partial charge on any atom is 0.303 e. The zero-order chi connectivity index (χ0) is 30.4. The van der Waals surface area contributed by atoms with Gasteiger partial charge in [0.25, 0.3) is 0 Å². The molecule has 0 amide bonds. The van der Waals surface area contributed by atoms with Gasteiger partial charge in [-0.2, -0.15) is 0 Å². The van der Waals surface area contributed by atoms with Crippen LogP contribution in [0.3, 0.4) is 0 Å². The number of allylic oxidation sites excluding steroid dienone is 8. The lowest BCUT2D eigenvalue weighted by atomic mass is 10.0. The summed E-state index contributed by atoms with van der Waals surface area (Å²) >= 11 is 0. The first-order valence-electron chi connectivity index (χ1n) is 18.6. The minimum atomic E-state index is -0.651. The van der Waals surface area contributed by atoms with E-state index < -0.39 is 5.97 Å². The van der Waals surface area contributed by atoms with Gasteiger partial charge in [-0.1, -0.05) is 197 Å². The Morgan fingerprint density at radius 1 is 0.381 bits per heavy atom. The van der Waals surface area contributed by atoms with Gasteiger partial charge in [-0.3, -0.25) is 4.79 Å². The third-order valence-electron chi connectivity index (χ3n) is 8.23. The molecule has 0 saturated heterocycles. The van der Waals surface area contributed by atoms with E-state index in [0.29, 0.717) is 6.42 Å². The molecule has 0 saturated carbocycles. The van der Waals surface area contributed by atoms with Crippen molar-refractivity contribution < 1.29 is 9.90 Å². The molecule has 0 unspecified atom stereocenters. The summed E-state index contributed by atoms with van der Waals surface area (Å²) in [5, 5.41) is 8.64. The van der Waals surface area contributed by atoms with Gasteiger partial charge in [0.2, 0.25) is 0 Å². The van der Waals surface area contributed by atoms with Crippen LogP contribution in [0, 0.1) is 0 Å². The van der Waals surface area contributed by atoms with Gasteiger partial charge in [0, 0.05) is 6.42 Å². The van der Waals surface area contributed by atoms with Crippen molar-refractivity contribution in [2.24, 2.45) is 0 Å². The normalized spacial score (nSPS) is 12.2. The Labute approximate surface area is 263 Å². The van der Waals surface area contributed by atoms with E-state index in [2.05, 4.69) is 55.5 Å². The van der Waals surface area contributed by atoms with E-state index in [-0.39, 0.29) is 0 Å². The highest BCUT2D eigenvalue weighted by atomic mass is 16.4. The van der Waals surface area contributed by atoms with E-state index in [9.17, 15) is 4.79 Å². The van der Waals surface area contributed by atoms with Gasteiger partial charge in [-0.25, -0.2) is 0 Å². The molecule has 0 aromatic rings. The van der Waals surface area contributed by atoms with Crippen LogP contribution in [0.4, 0.5) is 0 Å². The van der Waals surface area contributed by atoms with E-state index >= 15 is 0 Å². The summed E-state index contributed by atoms with van der Waals surface area (Å²) in [6.07, 6.45) is 57.0. The summed E-state index contributed by atoms with van der Waals surface area (Å²) in [5.41, 5.74) is 0. The number of aliphatic carboxylic acids is 1. The average Bonchev–Trinajstić information content (AvgIpc) is 2.98. The fourth-order valence-electron chi connectivity index (χ4n) is 5.53. The number of hydrogen-bond donors (Lipinski definition) is 1. The summed E-state index contributed by atoms with van der Waals surface area (Å²) in [5.74, 6) is -0.651. The van der Waals surface area contributed by atoms with Crippen LogP contribution >= 0.6 is 0 Å². The lowest BCUT2D eigenvalue weighted by Gasteiger charge is -2.04. The van der Waals surface area contributed by atoms with Crippen molar-refractivity contribution in [1.82, 2.24) is 0 Å². The van der Waals surface area contributed by atoms with Crippen molar-refractivity contribution in [3.8, 4) is 0 Å². The van der Waals surface area contributed by atoms with E-state index in [1.165, 1.54) is 148 Å². The third kappa shape index (κ3) is 38.4. The first-order chi connectivity index (χ1) is 20.8. The molecule has 0 radical (unpaired) electrons. The van der Waals surface area contributed by atoms with Crippen molar-refractivity contribution in [3.63, 3.8) is 0 Å². The highest BCUT2D eigenvalue weighted by Crippen LogP contribution is 2.16. The number of carboxylic acid groups (broad SMARTS) is 1. The maximum atomic E-state index is 10.5. The van der Waals surface area contributed by atoms with Gasteiger partial charge < -0.3 is 5.11 Å². The quantitative estimate of drug-likeness (QED) is 0.0603. The highest BCUT2D eigenvalue weighted by Gasteiger charge is 1.98. The van der Waals surface area contributed by atoms with Crippen LogP contribution in [0.25, 0.3) is 0 Å². The van der Waals surface area contributed by atoms with E-state index in [1.807, 2.05) is 0 Å². The predicted octanol–water partition coefficient (Wildman–Crippen LogP) is 14.0. The van der Waals surface area contributed by atoms with E-state index in [0.717, 1.165) is 38.5 Å². The summed E-state index contributed by atoms with van der Waals surface area (Å²) in [4.78, 5) is 10.5. The van der Waals surface area contributed by atoms with Crippen molar-refractivity contribution in [1.29, 1.82) is 0 Å². The van der Waals surface area contributed by atoms with Gasteiger partial charge in [-0.05, 0) is 44.9 Å². The molecule has 0 aromatic carbocycles. The molecule has 0 atom stereocenters. The monoisotopic (exact) mass is 585 g/mol. The third-order valence-corrected chi connectivity index (χ3v) is 8.23. The average molecular weight is 585 g/mol. The highest BCUT2D eigenvalue weighted by molar-refractivity contribution is 5.66. The molecule has 42 heavy (non-hydrogen) atoms. The van der Waals surface area contributed by atoms with Crippen LogP contribution in [0.1, 0.15) is 200 Å². The lowest BCUT2D eigenvalue weighted by molar-refractivity contribution is -0.137. The molecule has 0 aliphatic carbocycles. The van der Waals surface area contributed by atoms with Crippen LogP contribution in [0.2, 0.25) is 0 Å². The Balaban J connectivity index is 3.15. The van der Waals surface area contributed by atoms with Crippen LogP contribution in [0.5, 0.6) is 0 Å². The fraction of sp³-hybridized carbons (Fsp3) is 0.775. The second-order valence-electron chi connectivity index (χ2n) is 12.4. The first kappa shape index (κ1) is 40.4. The lowest BCUT2D eigenvalue weighted by Crippen LogP contribution is -1.93. The molecule has 244 valence electrons. The Morgan fingerprint density at radius 2 is 0.643 bits per heavy atom. The Bertz CT molecular complexity index is 642. The zero-order valence-electron chi connectivity index (χ0n) is 28.2. The SMILES string of the molecule is CC/C=C\C/C=C\C/C=C\C/C=C\CCCCCCCCCCCCCCCCCCCCCCCCCCC(=O)O. The Hall–Kier alpha value is -1.57. The van der Waals surface area contributed by atoms with Crippen LogP contribution in [0.15, 0.2) is 48.6 Å². The number of rotatable bonds is 34. The van der Waals surface area contributed by atoms with Gasteiger partial charge in [0.1, 0.15) is 0 Å². The molecule has 0 fully saturated rings. The predicted molar refractivity (Wildman–Crippen MR) is 188 cm³/mol. The molecule has 0 aliphatic heterocycles. The molecule has 0 rings (SSSR count). The van der Waals surface area contributed by atoms with Crippen molar-refractivity contribution in [3.05, 3.63) is 48.6 Å². The zero-order valence-corrected chi connectivity index (χ0v) is 28.2. The van der Waals surface area contributed by atoms with E-state index in [1.54, 1.807) is 0 Å². The van der Waals surface area contributed by atoms with Crippen LogP contribution in [-0.2, 0) is 4.79 Å². The van der Waals surface area contributed by atoms with Gasteiger partial charge in [0.05, 0.1) is 0 Å². The van der Waals surface area contributed by atoms with Crippen molar-refractivity contribution in [2.45, 2.75) is 200 Å². The van der Waals surface area contributed by atoms with Gasteiger partial charge in [0.15, 0.2) is 0 Å². The smallest absolute Gasteiger partial charge is 0.303 e. The summed E-state index contributed by atoms with van der Waals surface area (Å²) in [6, 6.07) is 0. The van der Waals surface area contributed by atoms with Crippen LogP contribution < -0.4 is 0 Å². The van der Waals surface area contributed by atoms with E-state index in [4.69, 9.17) is 5.11 Å². The minimum Gasteiger partial charge on any atom is -0.481 e. The molecule has 1 N–H and O–H groups in total. The molecular weight excluding hydrogens is 512 g/mol. The maximum absolute atomic E-state index is 10.5. The molecule has 0 aliphatic rings. The molecule has 0 aromatic heterocycles. The van der Waals surface area contributed by atoms with Crippen LogP contribution in [-0.4, -0.2) is 11.1 Å². The molecule has 0 heterocycles. The topological polar surface area (TPSA) is 37.3 Å². The first-order valence-corrected chi connectivity index (χ1v) is 18.6. The summed E-state index contributed by atoms with van der Waals surface area (Å²) in [7, 11) is 0. The van der Waals surface area contributed by atoms with Crippen molar-refractivity contribution in [2.75, 3.05) is 0 Å². The molecule has 2 nitrogen and oxygen atoms in total. The Morgan fingerprint density at radius 3 is 0.952 bits per heavy atom. The number of unbranched alkanes of at least 4 members (excludes halogenated alkanes) is 24. The summed E-state index contributed by atoms with van der Waals surface area (Å²) < 4.78 is 0. The summed E-state index contributed by atoms with van der Waals surface area (Å²) in [6.45, 7) is 2.18. The molecular formula is C40H72O2. The minimum absolute atomic E-state index is 0.343. The number of carbonyl (C=O) groups is 1. The number of hydrogen-bond acceptors (Lipinski definition) is 1. The fourth-order valence-corrected chi connectivity index (χ4v) is 5.53. The second-order valence-corrected chi connectivity index (χ2v) is 12.4.